The summed E-state index contributed by atoms with van der Waals surface area (Å²) in [5.41, 5.74) is 0.910. The Morgan fingerprint density at radius 3 is 2.81 bits per heavy atom. The van der Waals surface area contributed by atoms with E-state index in [1.54, 1.807) is 13.8 Å². The van der Waals surface area contributed by atoms with Crippen molar-refractivity contribution in [3.05, 3.63) is 11.4 Å². The summed E-state index contributed by atoms with van der Waals surface area (Å²) in [6.07, 6.45) is 0. The highest BCUT2D eigenvalue weighted by atomic mass is 16.5. The van der Waals surface area contributed by atoms with Crippen molar-refractivity contribution < 1.29 is 9.53 Å². The van der Waals surface area contributed by atoms with E-state index in [9.17, 15) is 4.79 Å². The minimum atomic E-state index is -0.408. The molecule has 0 saturated heterocycles. The van der Waals surface area contributed by atoms with Gasteiger partial charge in [-0.1, -0.05) is 6.92 Å². The fraction of sp³-hybridized carbons (Fsp3) is 0.700. The van der Waals surface area contributed by atoms with Gasteiger partial charge in [-0.05, 0) is 20.4 Å². The maximum atomic E-state index is 11.5. The number of hydrogen-bond acceptors (Lipinski definition) is 5. The minimum Gasteiger partial charge on any atom is -0.461 e. The Hall–Kier alpha value is -1.43. The number of carbonyl (C=O) groups is 1. The summed E-state index contributed by atoms with van der Waals surface area (Å²) in [5, 5.41) is 11.4. The lowest BCUT2D eigenvalue weighted by Crippen LogP contribution is -2.20. The van der Waals surface area contributed by atoms with Crippen molar-refractivity contribution in [2.24, 2.45) is 0 Å². The maximum Gasteiger partial charge on any atom is 0.360 e. The number of esters is 1. The SMILES string of the molecule is CCNCCn1nc(C)c(C(=O)OCC)n1. The fourth-order valence-electron chi connectivity index (χ4n) is 1.27. The molecule has 6 nitrogen and oxygen atoms in total. The third-order valence-corrected chi connectivity index (χ3v) is 2.03. The highest BCUT2D eigenvalue weighted by Gasteiger charge is 2.16. The molecule has 16 heavy (non-hydrogen) atoms. The predicted molar refractivity (Wildman–Crippen MR) is 59.3 cm³/mol. The van der Waals surface area contributed by atoms with Gasteiger partial charge >= 0.3 is 5.97 Å². The highest BCUT2D eigenvalue weighted by Crippen LogP contribution is 2.02. The third-order valence-electron chi connectivity index (χ3n) is 2.03. The first kappa shape index (κ1) is 12.6. The summed E-state index contributed by atoms with van der Waals surface area (Å²) < 4.78 is 4.88. The minimum absolute atomic E-state index is 0.304. The van der Waals surface area contributed by atoms with Gasteiger partial charge in [-0.2, -0.15) is 9.90 Å². The number of hydrogen-bond donors (Lipinski definition) is 1. The molecule has 90 valence electrons. The van der Waals surface area contributed by atoms with E-state index in [0.29, 0.717) is 24.5 Å². The highest BCUT2D eigenvalue weighted by molar-refractivity contribution is 5.88. The van der Waals surface area contributed by atoms with E-state index in [2.05, 4.69) is 15.5 Å². The Labute approximate surface area is 95.0 Å². The van der Waals surface area contributed by atoms with Crippen LogP contribution in [0.2, 0.25) is 0 Å². The number of carbonyl (C=O) groups excluding carboxylic acids is 1. The molecule has 0 bridgehead atoms. The van der Waals surface area contributed by atoms with Gasteiger partial charge in [0.1, 0.15) is 0 Å². The first-order valence-corrected chi connectivity index (χ1v) is 5.48. The van der Waals surface area contributed by atoms with Crippen LogP contribution in [-0.2, 0) is 11.3 Å². The number of rotatable bonds is 6. The lowest BCUT2D eigenvalue weighted by Gasteiger charge is -1.99. The van der Waals surface area contributed by atoms with Crippen LogP contribution < -0.4 is 5.32 Å². The van der Waals surface area contributed by atoms with E-state index in [0.717, 1.165) is 13.1 Å². The van der Waals surface area contributed by atoms with Crippen molar-refractivity contribution in [2.75, 3.05) is 19.7 Å². The second-order valence-corrected chi connectivity index (χ2v) is 3.30. The Bertz CT molecular complexity index is 349. The third kappa shape index (κ3) is 3.30. The van der Waals surface area contributed by atoms with Crippen molar-refractivity contribution in [3.8, 4) is 0 Å². The first-order valence-electron chi connectivity index (χ1n) is 5.48. The zero-order valence-electron chi connectivity index (χ0n) is 9.99. The number of aryl methyl sites for hydroxylation is 1. The molecule has 0 fully saturated rings. The van der Waals surface area contributed by atoms with Gasteiger partial charge in [0.25, 0.3) is 0 Å². The summed E-state index contributed by atoms with van der Waals surface area (Å²) in [5.74, 6) is -0.408. The second-order valence-electron chi connectivity index (χ2n) is 3.30. The van der Waals surface area contributed by atoms with Gasteiger partial charge in [-0.15, -0.1) is 5.10 Å². The average molecular weight is 226 g/mol. The van der Waals surface area contributed by atoms with Gasteiger partial charge in [0.15, 0.2) is 5.69 Å². The standard InChI is InChI=1S/C10H18N4O2/c1-4-11-6-7-14-12-8(3)9(13-14)10(15)16-5-2/h11H,4-7H2,1-3H3. The predicted octanol–water partition coefficient (Wildman–Crippen LogP) is 0.373. The van der Waals surface area contributed by atoms with E-state index in [1.165, 1.54) is 4.80 Å². The van der Waals surface area contributed by atoms with Gasteiger partial charge in [0.05, 0.1) is 18.8 Å². The average Bonchev–Trinajstić information content (AvgIpc) is 2.61. The normalized spacial score (nSPS) is 10.4. The van der Waals surface area contributed by atoms with Crippen LogP contribution in [0.5, 0.6) is 0 Å². The van der Waals surface area contributed by atoms with Crippen molar-refractivity contribution in [1.82, 2.24) is 20.3 Å². The van der Waals surface area contributed by atoms with Crippen molar-refractivity contribution in [1.29, 1.82) is 0 Å². The molecule has 6 heteroatoms. The second kappa shape index (κ2) is 6.22. The lowest BCUT2D eigenvalue weighted by atomic mass is 10.3. The molecule has 1 aromatic heterocycles. The molecule has 0 aliphatic heterocycles. The smallest absolute Gasteiger partial charge is 0.360 e. The maximum absolute atomic E-state index is 11.5. The monoisotopic (exact) mass is 226 g/mol. The quantitative estimate of drug-likeness (QED) is 0.560. The molecule has 1 rings (SSSR count). The summed E-state index contributed by atoms with van der Waals surface area (Å²) in [6.45, 7) is 8.24. The molecule has 0 amide bonds. The van der Waals surface area contributed by atoms with Gasteiger partial charge in [0, 0.05) is 6.54 Å². The van der Waals surface area contributed by atoms with E-state index in [1.807, 2.05) is 6.92 Å². The van der Waals surface area contributed by atoms with Crippen molar-refractivity contribution in [3.63, 3.8) is 0 Å². The van der Waals surface area contributed by atoms with E-state index >= 15 is 0 Å². The van der Waals surface area contributed by atoms with Crippen LogP contribution >= 0.6 is 0 Å². The molecule has 0 spiro atoms. The van der Waals surface area contributed by atoms with Crippen LogP contribution in [-0.4, -0.2) is 40.7 Å². The molecule has 0 aromatic carbocycles. The summed E-state index contributed by atoms with van der Waals surface area (Å²) in [6, 6.07) is 0. The van der Waals surface area contributed by atoms with Gasteiger partial charge in [-0.25, -0.2) is 4.79 Å². The molecule has 0 radical (unpaired) electrons. The number of aromatic nitrogens is 3. The fourth-order valence-corrected chi connectivity index (χ4v) is 1.27. The Morgan fingerprint density at radius 2 is 2.19 bits per heavy atom. The van der Waals surface area contributed by atoms with Crippen LogP contribution in [0.4, 0.5) is 0 Å². The number of nitrogens with one attached hydrogen (secondary N) is 1. The lowest BCUT2D eigenvalue weighted by molar-refractivity contribution is 0.0517. The molecule has 1 N–H and O–H groups in total. The summed E-state index contributed by atoms with van der Waals surface area (Å²) in [4.78, 5) is 13.0. The molecule has 0 aliphatic carbocycles. The Morgan fingerprint density at radius 1 is 1.44 bits per heavy atom. The van der Waals surface area contributed by atoms with E-state index in [4.69, 9.17) is 4.74 Å². The molecular formula is C10H18N4O2. The summed E-state index contributed by atoms with van der Waals surface area (Å²) >= 11 is 0. The Balaban J connectivity index is 2.62. The van der Waals surface area contributed by atoms with Crippen molar-refractivity contribution in [2.45, 2.75) is 27.3 Å². The zero-order valence-corrected chi connectivity index (χ0v) is 9.99. The summed E-state index contributed by atoms with van der Waals surface area (Å²) in [7, 11) is 0. The van der Waals surface area contributed by atoms with Crippen LogP contribution in [0.3, 0.4) is 0 Å². The molecule has 1 aromatic rings. The molecule has 0 unspecified atom stereocenters. The van der Waals surface area contributed by atoms with Crippen LogP contribution in [0, 0.1) is 6.92 Å². The molecular weight excluding hydrogens is 208 g/mol. The molecule has 0 saturated carbocycles. The van der Waals surface area contributed by atoms with E-state index in [-0.39, 0.29) is 0 Å². The number of likely N-dealkylation sites (N-methyl/N-ethyl adjacent to an activating group) is 1. The zero-order chi connectivity index (χ0) is 12.0. The van der Waals surface area contributed by atoms with Gasteiger partial charge in [-0.3, -0.25) is 0 Å². The van der Waals surface area contributed by atoms with E-state index < -0.39 is 5.97 Å². The largest absolute Gasteiger partial charge is 0.461 e. The van der Waals surface area contributed by atoms with Crippen LogP contribution in [0.15, 0.2) is 0 Å². The molecule has 1 heterocycles. The van der Waals surface area contributed by atoms with Crippen molar-refractivity contribution >= 4 is 5.97 Å². The topological polar surface area (TPSA) is 69.0 Å². The van der Waals surface area contributed by atoms with Crippen LogP contribution in [0.1, 0.15) is 30.0 Å². The van der Waals surface area contributed by atoms with Gasteiger partial charge < -0.3 is 10.1 Å². The number of ether oxygens (including phenoxy) is 1. The number of nitrogens with zero attached hydrogens (tertiary/aromatic N) is 3. The van der Waals surface area contributed by atoms with Gasteiger partial charge in [0.2, 0.25) is 0 Å². The van der Waals surface area contributed by atoms with Crippen LogP contribution in [0.25, 0.3) is 0 Å². The molecule has 0 aliphatic rings. The first-order chi connectivity index (χ1) is 7.69. The Kier molecular flexibility index (Phi) is 4.91. The molecule has 0 atom stereocenters.